The standard InChI is InChI=1S/C11H16N2O2/c1-15-11(14)10-5-4-9(13-10)7-12-6-8-2-3-8/h4-5,8,12-13H,2-3,6-7H2,1H3. The molecule has 0 spiro atoms. The highest BCUT2D eigenvalue weighted by Crippen LogP contribution is 2.27. The molecule has 82 valence electrons. The van der Waals surface area contributed by atoms with Crippen LogP contribution in [0.5, 0.6) is 0 Å². The first-order valence-electron chi connectivity index (χ1n) is 5.26. The lowest BCUT2D eigenvalue weighted by Gasteiger charge is -2.00. The van der Waals surface area contributed by atoms with Crippen LogP contribution >= 0.6 is 0 Å². The summed E-state index contributed by atoms with van der Waals surface area (Å²) in [5.41, 5.74) is 1.54. The van der Waals surface area contributed by atoms with Gasteiger partial charge in [0.05, 0.1) is 7.11 Å². The zero-order valence-corrected chi connectivity index (χ0v) is 8.88. The summed E-state index contributed by atoms with van der Waals surface area (Å²) >= 11 is 0. The Balaban J connectivity index is 1.80. The summed E-state index contributed by atoms with van der Waals surface area (Å²) in [4.78, 5) is 14.2. The molecule has 0 bridgehead atoms. The van der Waals surface area contributed by atoms with Crippen molar-refractivity contribution < 1.29 is 9.53 Å². The summed E-state index contributed by atoms with van der Waals surface area (Å²) in [6.07, 6.45) is 2.70. The highest BCUT2D eigenvalue weighted by molar-refractivity contribution is 5.87. The monoisotopic (exact) mass is 208 g/mol. The van der Waals surface area contributed by atoms with Gasteiger partial charge in [0.15, 0.2) is 0 Å². The molecule has 0 saturated heterocycles. The normalized spacial score (nSPS) is 15.3. The largest absolute Gasteiger partial charge is 0.464 e. The molecule has 15 heavy (non-hydrogen) atoms. The number of aromatic amines is 1. The van der Waals surface area contributed by atoms with Gasteiger partial charge in [-0.3, -0.25) is 0 Å². The van der Waals surface area contributed by atoms with Crippen LogP contribution in [0.3, 0.4) is 0 Å². The number of rotatable bonds is 5. The Hall–Kier alpha value is -1.29. The fraction of sp³-hybridized carbons (Fsp3) is 0.545. The smallest absolute Gasteiger partial charge is 0.354 e. The third-order valence-corrected chi connectivity index (χ3v) is 2.60. The van der Waals surface area contributed by atoms with Crippen molar-refractivity contribution in [3.8, 4) is 0 Å². The molecule has 1 aromatic rings. The number of esters is 1. The average Bonchev–Trinajstić information content (AvgIpc) is 2.94. The highest BCUT2D eigenvalue weighted by atomic mass is 16.5. The Morgan fingerprint density at radius 1 is 1.60 bits per heavy atom. The lowest BCUT2D eigenvalue weighted by molar-refractivity contribution is 0.0594. The molecule has 1 aliphatic carbocycles. The molecule has 0 atom stereocenters. The number of carbonyl (C=O) groups excluding carboxylic acids is 1. The molecule has 2 rings (SSSR count). The maximum Gasteiger partial charge on any atom is 0.354 e. The summed E-state index contributed by atoms with van der Waals surface area (Å²) in [6.45, 7) is 1.86. The maximum absolute atomic E-state index is 11.1. The van der Waals surface area contributed by atoms with Gasteiger partial charge in [-0.05, 0) is 37.4 Å². The Labute approximate surface area is 89.0 Å². The number of ether oxygens (including phenoxy) is 1. The lowest BCUT2D eigenvalue weighted by atomic mass is 10.4. The Bertz CT molecular complexity index is 342. The Morgan fingerprint density at radius 2 is 2.40 bits per heavy atom. The predicted molar refractivity (Wildman–Crippen MR) is 56.6 cm³/mol. The molecule has 1 fully saturated rings. The van der Waals surface area contributed by atoms with Gasteiger partial charge in [0.25, 0.3) is 0 Å². The third kappa shape index (κ3) is 2.83. The van der Waals surface area contributed by atoms with Gasteiger partial charge in [-0.15, -0.1) is 0 Å². The fourth-order valence-electron chi connectivity index (χ4n) is 1.51. The second-order valence-corrected chi connectivity index (χ2v) is 3.96. The van der Waals surface area contributed by atoms with E-state index in [1.165, 1.54) is 20.0 Å². The van der Waals surface area contributed by atoms with Crippen LogP contribution in [0.1, 0.15) is 29.0 Å². The second-order valence-electron chi connectivity index (χ2n) is 3.96. The molecule has 4 heteroatoms. The molecule has 2 N–H and O–H groups in total. The zero-order chi connectivity index (χ0) is 10.7. The van der Waals surface area contributed by atoms with Crippen LogP contribution in [0, 0.1) is 5.92 Å². The minimum Gasteiger partial charge on any atom is -0.464 e. The molecule has 1 aromatic heterocycles. The average molecular weight is 208 g/mol. The molecule has 0 aliphatic heterocycles. The van der Waals surface area contributed by atoms with Gasteiger partial charge in [0.2, 0.25) is 0 Å². The number of nitrogens with one attached hydrogen (secondary N) is 2. The predicted octanol–water partition coefficient (Wildman–Crippen LogP) is 1.30. The first-order valence-corrected chi connectivity index (χ1v) is 5.26. The van der Waals surface area contributed by atoms with E-state index >= 15 is 0 Å². The van der Waals surface area contributed by atoms with Gasteiger partial charge >= 0.3 is 5.97 Å². The van der Waals surface area contributed by atoms with Gasteiger partial charge in [-0.25, -0.2) is 4.79 Å². The van der Waals surface area contributed by atoms with Crippen molar-refractivity contribution in [1.82, 2.24) is 10.3 Å². The minimum atomic E-state index is -0.316. The first kappa shape index (κ1) is 10.2. The number of hydrogen-bond acceptors (Lipinski definition) is 3. The van der Waals surface area contributed by atoms with E-state index < -0.39 is 0 Å². The summed E-state index contributed by atoms with van der Waals surface area (Å²) < 4.78 is 4.61. The molecule has 0 aromatic carbocycles. The van der Waals surface area contributed by atoms with E-state index in [1.54, 1.807) is 6.07 Å². The van der Waals surface area contributed by atoms with Gasteiger partial charge < -0.3 is 15.0 Å². The molecule has 1 saturated carbocycles. The van der Waals surface area contributed by atoms with Crippen LogP contribution in [-0.2, 0) is 11.3 Å². The molecule has 1 heterocycles. The van der Waals surface area contributed by atoms with Crippen molar-refractivity contribution in [3.63, 3.8) is 0 Å². The topological polar surface area (TPSA) is 54.1 Å². The highest BCUT2D eigenvalue weighted by Gasteiger charge is 2.20. The maximum atomic E-state index is 11.1. The van der Waals surface area contributed by atoms with Crippen LogP contribution < -0.4 is 5.32 Å². The molecule has 0 amide bonds. The van der Waals surface area contributed by atoms with E-state index in [-0.39, 0.29) is 5.97 Å². The van der Waals surface area contributed by atoms with Crippen molar-refractivity contribution in [3.05, 3.63) is 23.5 Å². The number of carbonyl (C=O) groups is 1. The van der Waals surface area contributed by atoms with E-state index in [0.29, 0.717) is 5.69 Å². The summed E-state index contributed by atoms with van der Waals surface area (Å²) in [7, 11) is 1.38. The zero-order valence-electron chi connectivity index (χ0n) is 8.88. The van der Waals surface area contributed by atoms with Crippen molar-refractivity contribution >= 4 is 5.97 Å². The fourth-order valence-corrected chi connectivity index (χ4v) is 1.51. The molecule has 0 radical (unpaired) electrons. The number of H-pyrrole nitrogens is 1. The molecule has 0 unspecified atom stereocenters. The molecule has 4 nitrogen and oxygen atoms in total. The van der Waals surface area contributed by atoms with E-state index in [9.17, 15) is 4.79 Å². The van der Waals surface area contributed by atoms with Gasteiger partial charge in [-0.2, -0.15) is 0 Å². The number of aromatic nitrogens is 1. The summed E-state index contributed by atoms with van der Waals surface area (Å²) in [6, 6.07) is 3.66. The Morgan fingerprint density at radius 3 is 3.07 bits per heavy atom. The van der Waals surface area contributed by atoms with Crippen LogP contribution in [0.4, 0.5) is 0 Å². The quantitative estimate of drug-likeness (QED) is 0.717. The lowest BCUT2D eigenvalue weighted by Crippen LogP contribution is -2.16. The SMILES string of the molecule is COC(=O)c1ccc(CNCC2CC2)[nH]1. The molecular formula is C11H16N2O2. The van der Waals surface area contributed by atoms with Gasteiger partial charge in [0, 0.05) is 12.2 Å². The number of hydrogen-bond donors (Lipinski definition) is 2. The molecular weight excluding hydrogens is 192 g/mol. The second kappa shape index (κ2) is 4.49. The number of methoxy groups -OCH3 is 1. The first-order chi connectivity index (χ1) is 7.29. The van der Waals surface area contributed by atoms with Crippen molar-refractivity contribution in [2.75, 3.05) is 13.7 Å². The van der Waals surface area contributed by atoms with E-state index in [0.717, 1.165) is 24.7 Å². The van der Waals surface area contributed by atoms with Crippen LogP contribution in [0.25, 0.3) is 0 Å². The van der Waals surface area contributed by atoms with E-state index in [2.05, 4.69) is 15.0 Å². The van der Waals surface area contributed by atoms with Gasteiger partial charge in [0.1, 0.15) is 5.69 Å². The third-order valence-electron chi connectivity index (χ3n) is 2.60. The van der Waals surface area contributed by atoms with Crippen LogP contribution in [-0.4, -0.2) is 24.6 Å². The van der Waals surface area contributed by atoms with Crippen molar-refractivity contribution in [2.45, 2.75) is 19.4 Å². The molecule has 1 aliphatic rings. The Kier molecular flexibility index (Phi) is 3.06. The van der Waals surface area contributed by atoms with Gasteiger partial charge in [-0.1, -0.05) is 0 Å². The summed E-state index contributed by atoms with van der Waals surface area (Å²) in [5.74, 6) is 0.559. The van der Waals surface area contributed by atoms with Crippen molar-refractivity contribution in [1.29, 1.82) is 0 Å². The van der Waals surface area contributed by atoms with E-state index in [1.807, 2.05) is 6.07 Å². The van der Waals surface area contributed by atoms with Crippen LogP contribution in [0.15, 0.2) is 12.1 Å². The van der Waals surface area contributed by atoms with Crippen LogP contribution in [0.2, 0.25) is 0 Å². The van der Waals surface area contributed by atoms with Crippen molar-refractivity contribution in [2.24, 2.45) is 5.92 Å². The summed E-state index contributed by atoms with van der Waals surface area (Å²) in [5, 5.41) is 3.35. The van der Waals surface area contributed by atoms with E-state index in [4.69, 9.17) is 0 Å². The minimum absolute atomic E-state index is 0.316.